The van der Waals surface area contributed by atoms with Crippen LogP contribution in [-0.4, -0.2) is 19.9 Å². The van der Waals surface area contributed by atoms with E-state index >= 15 is 0 Å². The van der Waals surface area contributed by atoms with Crippen molar-refractivity contribution in [1.29, 1.82) is 0 Å². The molecule has 0 aliphatic carbocycles. The van der Waals surface area contributed by atoms with Crippen LogP contribution in [0.4, 0.5) is 0 Å². The monoisotopic (exact) mass is 200 g/mol. The summed E-state index contributed by atoms with van der Waals surface area (Å²) in [7, 11) is 0. The van der Waals surface area contributed by atoms with Gasteiger partial charge in [0, 0.05) is 36.3 Å². The molecular formula is C11H12N4. The van der Waals surface area contributed by atoms with Crippen molar-refractivity contribution in [3.63, 3.8) is 0 Å². The SMILES string of the molecule is CC(C)c1ncc(-c2cnccn2)cn1. The van der Waals surface area contributed by atoms with E-state index in [9.17, 15) is 0 Å². The Morgan fingerprint density at radius 1 is 0.933 bits per heavy atom. The Morgan fingerprint density at radius 3 is 2.20 bits per heavy atom. The average molecular weight is 200 g/mol. The van der Waals surface area contributed by atoms with Crippen LogP contribution in [0.15, 0.2) is 31.0 Å². The summed E-state index contributed by atoms with van der Waals surface area (Å²) in [5, 5.41) is 0. The average Bonchev–Trinajstić information content (AvgIpc) is 2.30. The van der Waals surface area contributed by atoms with Gasteiger partial charge >= 0.3 is 0 Å². The fraction of sp³-hybridized carbons (Fsp3) is 0.273. The van der Waals surface area contributed by atoms with Gasteiger partial charge in [0.1, 0.15) is 5.82 Å². The predicted octanol–water partition coefficient (Wildman–Crippen LogP) is 2.06. The van der Waals surface area contributed by atoms with E-state index in [2.05, 4.69) is 33.8 Å². The first-order valence-corrected chi connectivity index (χ1v) is 4.85. The zero-order valence-electron chi connectivity index (χ0n) is 8.75. The van der Waals surface area contributed by atoms with E-state index in [1.165, 1.54) is 0 Å². The van der Waals surface area contributed by atoms with Crippen molar-refractivity contribution >= 4 is 0 Å². The summed E-state index contributed by atoms with van der Waals surface area (Å²) in [6.07, 6.45) is 8.57. The second-order valence-electron chi connectivity index (χ2n) is 3.58. The highest BCUT2D eigenvalue weighted by molar-refractivity contribution is 5.54. The summed E-state index contributed by atoms with van der Waals surface area (Å²) >= 11 is 0. The molecule has 2 heterocycles. The maximum absolute atomic E-state index is 4.28. The fourth-order valence-electron chi connectivity index (χ4n) is 1.22. The largest absolute Gasteiger partial charge is 0.261 e. The maximum Gasteiger partial charge on any atom is 0.130 e. The third kappa shape index (κ3) is 2.15. The smallest absolute Gasteiger partial charge is 0.130 e. The number of aromatic nitrogens is 4. The molecule has 0 aliphatic heterocycles. The summed E-state index contributed by atoms with van der Waals surface area (Å²) in [6.45, 7) is 4.13. The highest BCUT2D eigenvalue weighted by Gasteiger charge is 2.04. The molecule has 0 radical (unpaired) electrons. The standard InChI is InChI=1S/C11H12N4/c1-8(2)11-14-5-9(6-15-11)10-7-12-3-4-13-10/h3-8H,1-2H3. The zero-order chi connectivity index (χ0) is 10.7. The molecule has 76 valence electrons. The molecule has 0 N–H and O–H groups in total. The van der Waals surface area contributed by atoms with Crippen molar-refractivity contribution in [3.8, 4) is 11.3 Å². The molecule has 2 rings (SSSR count). The number of hydrogen-bond acceptors (Lipinski definition) is 4. The highest BCUT2D eigenvalue weighted by atomic mass is 14.9. The van der Waals surface area contributed by atoms with Gasteiger partial charge in [0.15, 0.2) is 0 Å². The van der Waals surface area contributed by atoms with Crippen molar-refractivity contribution < 1.29 is 0 Å². The van der Waals surface area contributed by atoms with Crippen LogP contribution in [0.3, 0.4) is 0 Å². The Labute approximate surface area is 88.5 Å². The second-order valence-corrected chi connectivity index (χ2v) is 3.58. The van der Waals surface area contributed by atoms with E-state index in [-0.39, 0.29) is 0 Å². The Morgan fingerprint density at radius 2 is 1.67 bits per heavy atom. The quantitative estimate of drug-likeness (QED) is 0.744. The molecule has 0 aromatic carbocycles. The van der Waals surface area contributed by atoms with E-state index in [1.54, 1.807) is 31.0 Å². The van der Waals surface area contributed by atoms with Crippen LogP contribution in [0.2, 0.25) is 0 Å². The van der Waals surface area contributed by atoms with E-state index < -0.39 is 0 Å². The molecule has 15 heavy (non-hydrogen) atoms. The van der Waals surface area contributed by atoms with E-state index in [0.29, 0.717) is 5.92 Å². The van der Waals surface area contributed by atoms with Gasteiger partial charge in [0.25, 0.3) is 0 Å². The molecule has 4 nitrogen and oxygen atoms in total. The van der Waals surface area contributed by atoms with Crippen molar-refractivity contribution in [2.45, 2.75) is 19.8 Å². The first-order valence-electron chi connectivity index (χ1n) is 4.85. The Kier molecular flexibility index (Phi) is 2.67. The van der Waals surface area contributed by atoms with Crippen LogP contribution in [0.25, 0.3) is 11.3 Å². The minimum atomic E-state index is 0.348. The number of rotatable bonds is 2. The van der Waals surface area contributed by atoms with Gasteiger partial charge in [-0.3, -0.25) is 9.97 Å². The van der Waals surface area contributed by atoms with Crippen LogP contribution in [0, 0.1) is 0 Å². The van der Waals surface area contributed by atoms with Gasteiger partial charge in [0.2, 0.25) is 0 Å². The third-order valence-corrected chi connectivity index (χ3v) is 2.05. The molecule has 0 saturated carbocycles. The first-order chi connectivity index (χ1) is 7.27. The van der Waals surface area contributed by atoms with Crippen LogP contribution >= 0.6 is 0 Å². The molecule has 0 atom stereocenters. The first kappa shape index (κ1) is 9.71. The number of nitrogens with zero attached hydrogens (tertiary/aromatic N) is 4. The van der Waals surface area contributed by atoms with E-state index in [4.69, 9.17) is 0 Å². The Bertz CT molecular complexity index is 422. The number of hydrogen-bond donors (Lipinski definition) is 0. The molecule has 0 spiro atoms. The summed E-state index contributed by atoms with van der Waals surface area (Å²) in [5.41, 5.74) is 1.69. The molecule has 0 saturated heterocycles. The van der Waals surface area contributed by atoms with Gasteiger partial charge in [-0.2, -0.15) is 0 Å². The highest BCUT2D eigenvalue weighted by Crippen LogP contribution is 2.14. The lowest BCUT2D eigenvalue weighted by atomic mass is 10.2. The van der Waals surface area contributed by atoms with Gasteiger partial charge in [-0.05, 0) is 0 Å². The molecular weight excluding hydrogens is 188 g/mol. The zero-order valence-corrected chi connectivity index (χ0v) is 8.75. The van der Waals surface area contributed by atoms with Gasteiger partial charge in [-0.15, -0.1) is 0 Å². The van der Waals surface area contributed by atoms with Crippen LogP contribution in [0.5, 0.6) is 0 Å². The van der Waals surface area contributed by atoms with Crippen LogP contribution < -0.4 is 0 Å². The molecule has 0 aliphatic rings. The van der Waals surface area contributed by atoms with Crippen molar-refractivity contribution in [2.75, 3.05) is 0 Å². The van der Waals surface area contributed by atoms with E-state index in [1.807, 2.05) is 0 Å². The Balaban J connectivity index is 2.32. The van der Waals surface area contributed by atoms with Gasteiger partial charge in [-0.1, -0.05) is 13.8 Å². The molecule has 0 unspecified atom stereocenters. The van der Waals surface area contributed by atoms with Gasteiger partial charge < -0.3 is 0 Å². The van der Waals surface area contributed by atoms with Crippen LogP contribution in [-0.2, 0) is 0 Å². The van der Waals surface area contributed by atoms with Crippen molar-refractivity contribution in [3.05, 3.63) is 36.8 Å². The normalized spacial score (nSPS) is 10.6. The summed E-state index contributed by atoms with van der Waals surface area (Å²) in [5.74, 6) is 1.20. The lowest BCUT2D eigenvalue weighted by molar-refractivity contribution is 0.774. The van der Waals surface area contributed by atoms with Crippen molar-refractivity contribution in [1.82, 2.24) is 19.9 Å². The van der Waals surface area contributed by atoms with Gasteiger partial charge in [0.05, 0.1) is 11.9 Å². The Hall–Kier alpha value is -1.84. The minimum absolute atomic E-state index is 0.348. The molecule has 0 bridgehead atoms. The van der Waals surface area contributed by atoms with Crippen LogP contribution in [0.1, 0.15) is 25.6 Å². The molecule has 0 fully saturated rings. The maximum atomic E-state index is 4.28. The fourth-order valence-corrected chi connectivity index (χ4v) is 1.22. The molecule has 2 aromatic rings. The molecule has 2 aromatic heterocycles. The predicted molar refractivity (Wildman–Crippen MR) is 57.1 cm³/mol. The lowest BCUT2D eigenvalue weighted by Gasteiger charge is -2.03. The molecule has 4 heteroatoms. The minimum Gasteiger partial charge on any atom is -0.261 e. The summed E-state index contributed by atoms with van der Waals surface area (Å²) in [4.78, 5) is 16.7. The second kappa shape index (κ2) is 4.13. The van der Waals surface area contributed by atoms with Gasteiger partial charge in [-0.25, -0.2) is 9.97 Å². The summed E-state index contributed by atoms with van der Waals surface area (Å²) < 4.78 is 0. The summed E-state index contributed by atoms with van der Waals surface area (Å²) in [6, 6.07) is 0. The third-order valence-electron chi connectivity index (χ3n) is 2.05. The molecule has 0 amide bonds. The lowest BCUT2D eigenvalue weighted by Crippen LogP contribution is -1.97. The van der Waals surface area contributed by atoms with E-state index in [0.717, 1.165) is 17.1 Å². The topological polar surface area (TPSA) is 51.6 Å². The van der Waals surface area contributed by atoms with Crippen molar-refractivity contribution in [2.24, 2.45) is 0 Å².